The Hall–Kier alpha value is -2.61. The number of fused-ring (bicyclic) bond motifs is 1. The SMILES string of the molecule is N#C/C(=C\c1cccc2ccccc12)S(=O)(=O)c1ccc(Cl)cc1. The van der Waals surface area contributed by atoms with Crippen LogP contribution in [-0.2, 0) is 9.84 Å². The first-order valence-corrected chi connectivity index (χ1v) is 8.99. The first-order valence-electron chi connectivity index (χ1n) is 7.12. The third-order valence-corrected chi connectivity index (χ3v) is 5.57. The monoisotopic (exact) mass is 353 g/mol. The number of sulfone groups is 1. The Labute approximate surface area is 145 Å². The predicted octanol–water partition coefficient (Wildman–Crippen LogP) is 4.83. The minimum atomic E-state index is -3.89. The fraction of sp³-hybridized carbons (Fsp3) is 0. The molecule has 3 aromatic rings. The van der Waals surface area contributed by atoms with Gasteiger partial charge in [-0.05, 0) is 46.7 Å². The molecule has 0 saturated carbocycles. The molecule has 0 N–H and O–H groups in total. The second-order valence-electron chi connectivity index (χ2n) is 5.15. The lowest BCUT2D eigenvalue weighted by Crippen LogP contribution is -2.03. The summed E-state index contributed by atoms with van der Waals surface area (Å²) >= 11 is 5.80. The molecular formula is C19H12ClNO2S. The van der Waals surface area contributed by atoms with E-state index in [1.165, 1.54) is 30.3 Å². The maximum Gasteiger partial charge on any atom is 0.216 e. The molecule has 3 rings (SSSR count). The van der Waals surface area contributed by atoms with E-state index in [1.54, 1.807) is 6.07 Å². The summed E-state index contributed by atoms with van der Waals surface area (Å²) in [6.45, 7) is 0. The van der Waals surface area contributed by atoms with Crippen molar-refractivity contribution in [2.24, 2.45) is 0 Å². The van der Waals surface area contributed by atoms with Gasteiger partial charge in [0.25, 0.3) is 0 Å². The van der Waals surface area contributed by atoms with E-state index in [-0.39, 0.29) is 9.80 Å². The van der Waals surface area contributed by atoms with Crippen LogP contribution in [0.25, 0.3) is 16.8 Å². The topological polar surface area (TPSA) is 57.9 Å². The van der Waals surface area contributed by atoms with E-state index in [0.29, 0.717) is 10.6 Å². The van der Waals surface area contributed by atoms with Gasteiger partial charge in [0.1, 0.15) is 11.0 Å². The highest BCUT2D eigenvalue weighted by atomic mass is 35.5. The Balaban J connectivity index is 2.16. The van der Waals surface area contributed by atoms with Crippen LogP contribution < -0.4 is 0 Å². The van der Waals surface area contributed by atoms with Crippen molar-refractivity contribution in [2.45, 2.75) is 4.90 Å². The third-order valence-electron chi connectivity index (χ3n) is 3.63. The van der Waals surface area contributed by atoms with Crippen LogP contribution in [0.3, 0.4) is 0 Å². The standard InChI is InChI=1S/C19H12ClNO2S/c20-16-8-10-17(11-9-16)24(22,23)18(13-21)12-15-6-3-5-14-4-1-2-7-19(14)15/h1-12H/b18-12+. The van der Waals surface area contributed by atoms with Crippen molar-refractivity contribution in [2.75, 3.05) is 0 Å². The summed E-state index contributed by atoms with van der Waals surface area (Å²) in [4.78, 5) is -0.263. The number of benzene rings is 3. The van der Waals surface area contributed by atoms with Crippen LogP contribution in [0, 0.1) is 11.3 Å². The van der Waals surface area contributed by atoms with Crippen LogP contribution in [0.15, 0.2) is 76.5 Å². The van der Waals surface area contributed by atoms with Gasteiger partial charge in [0.2, 0.25) is 9.84 Å². The molecule has 5 heteroatoms. The van der Waals surface area contributed by atoms with Crippen LogP contribution in [0.5, 0.6) is 0 Å². The molecule has 0 unspecified atom stereocenters. The quantitative estimate of drug-likeness (QED) is 0.633. The maximum atomic E-state index is 12.7. The highest BCUT2D eigenvalue weighted by molar-refractivity contribution is 7.95. The molecule has 3 aromatic carbocycles. The molecule has 0 aliphatic heterocycles. The van der Waals surface area contributed by atoms with Gasteiger partial charge in [0.05, 0.1) is 4.90 Å². The van der Waals surface area contributed by atoms with Crippen molar-refractivity contribution < 1.29 is 8.42 Å². The molecule has 0 radical (unpaired) electrons. The number of hydrogen-bond acceptors (Lipinski definition) is 3. The van der Waals surface area contributed by atoms with Crippen LogP contribution in [-0.4, -0.2) is 8.42 Å². The van der Waals surface area contributed by atoms with Crippen LogP contribution >= 0.6 is 11.6 Å². The second kappa shape index (κ2) is 6.48. The highest BCUT2D eigenvalue weighted by Gasteiger charge is 2.21. The van der Waals surface area contributed by atoms with E-state index in [2.05, 4.69) is 0 Å². The minimum absolute atomic E-state index is 0.0416. The summed E-state index contributed by atoms with van der Waals surface area (Å²) in [6, 6.07) is 20.7. The summed E-state index contributed by atoms with van der Waals surface area (Å²) in [6.07, 6.45) is 1.41. The highest BCUT2D eigenvalue weighted by Crippen LogP contribution is 2.26. The number of nitrogens with zero attached hydrogens (tertiary/aromatic N) is 1. The summed E-state index contributed by atoms with van der Waals surface area (Å²) in [7, 11) is -3.89. The van der Waals surface area contributed by atoms with E-state index in [1.807, 2.05) is 42.5 Å². The van der Waals surface area contributed by atoms with E-state index < -0.39 is 9.84 Å². The van der Waals surface area contributed by atoms with Crippen LogP contribution in [0.2, 0.25) is 5.02 Å². The fourth-order valence-corrected chi connectivity index (χ4v) is 3.70. The van der Waals surface area contributed by atoms with Gasteiger partial charge in [-0.15, -0.1) is 0 Å². The number of nitriles is 1. The molecule has 0 bridgehead atoms. The first kappa shape index (κ1) is 16.3. The lowest BCUT2D eigenvalue weighted by molar-refractivity contribution is 0.603. The van der Waals surface area contributed by atoms with E-state index in [4.69, 9.17) is 11.6 Å². The number of allylic oxidation sites excluding steroid dienone is 1. The van der Waals surface area contributed by atoms with Gasteiger partial charge in [0.15, 0.2) is 0 Å². The lowest BCUT2D eigenvalue weighted by Gasteiger charge is -2.05. The summed E-state index contributed by atoms with van der Waals surface area (Å²) in [5, 5.41) is 11.7. The Morgan fingerprint density at radius 3 is 2.33 bits per heavy atom. The van der Waals surface area contributed by atoms with Gasteiger partial charge in [0, 0.05) is 5.02 Å². The smallest absolute Gasteiger partial charge is 0.216 e. The van der Waals surface area contributed by atoms with Crippen molar-refractivity contribution in [3.8, 4) is 6.07 Å². The molecule has 118 valence electrons. The van der Waals surface area contributed by atoms with Gasteiger partial charge >= 0.3 is 0 Å². The molecule has 3 nitrogen and oxygen atoms in total. The summed E-state index contributed by atoms with van der Waals surface area (Å²) in [5.74, 6) is 0. The molecule has 24 heavy (non-hydrogen) atoms. The first-order chi connectivity index (χ1) is 11.5. The summed E-state index contributed by atoms with van der Waals surface area (Å²) in [5.41, 5.74) is 0.683. The molecule has 0 amide bonds. The number of hydrogen-bond donors (Lipinski definition) is 0. The molecule has 0 saturated heterocycles. The summed E-state index contributed by atoms with van der Waals surface area (Å²) < 4.78 is 25.4. The maximum absolute atomic E-state index is 12.7. The minimum Gasteiger partial charge on any atom is -0.218 e. The molecule has 0 aromatic heterocycles. The Morgan fingerprint density at radius 2 is 1.62 bits per heavy atom. The fourth-order valence-electron chi connectivity index (χ4n) is 2.43. The van der Waals surface area contributed by atoms with Gasteiger partial charge in [-0.1, -0.05) is 54.1 Å². The van der Waals surface area contributed by atoms with Gasteiger partial charge in [-0.3, -0.25) is 0 Å². The lowest BCUT2D eigenvalue weighted by atomic mass is 10.0. The molecule has 0 fully saturated rings. The van der Waals surface area contributed by atoms with E-state index >= 15 is 0 Å². The van der Waals surface area contributed by atoms with Gasteiger partial charge in [-0.25, -0.2) is 8.42 Å². The van der Waals surface area contributed by atoms with Gasteiger partial charge < -0.3 is 0 Å². The Kier molecular flexibility index (Phi) is 4.39. The second-order valence-corrected chi connectivity index (χ2v) is 7.50. The predicted molar refractivity (Wildman–Crippen MR) is 96.2 cm³/mol. The molecule has 0 aliphatic carbocycles. The molecule has 0 atom stereocenters. The average molecular weight is 354 g/mol. The van der Waals surface area contributed by atoms with Crippen molar-refractivity contribution in [1.82, 2.24) is 0 Å². The van der Waals surface area contributed by atoms with Gasteiger partial charge in [-0.2, -0.15) is 5.26 Å². The molecule has 0 aliphatic rings. The molecular weight excluding hydrogens is 342 g/mol. The zero-order valence-electron chi connectivity index (χ0n) is 12.5. The average Bonchev–Trinajstić information content (AvgIpc) is 2.60. The zero-order chi connectivity index (χ0) is 17.2. The van der Waals surface area contributed by atoms with Crippen molar-refractivity contribution in [1.29, 1.82) is 5.26 Å². The van der Waals surface area contributed by atoms with Crippen molar-refractivity contribution in [3.63, 3.8) is 0 Å². The van der Waals surface area contributed by atoms with Crippen molar-refractivity contribution >= 4 is 38.3 Å². The van der Waals surface area contributed by atoms with Crippen molar-refractivity contribution in [3.05, 3.63) is 82.2 Å². The van der Waals surface area contributed by atoms with Crippen LogP contribution in [0.1, 0.15) is 5.56 Å². The normalized spacial score (nSPS) is 12.1. The third kappa shape index (κ3) is 3.05. The number of rotatable bonds is 3. The van der Waals surface area contributed by atoms with E-state index in [9.17, 15) is 13.7 Å². The Morgan fingerprint density at radius 1 is 0.958 bits per heavy atom. The number of halogens is 1. The van der Waals surface area contributed by atoms with E-state index in [0.717, 1.165) is 10.8 Å². The molecule has 0 spiro atoms. The Bertz CT molecular complexity index is 1070. The largest absolute Gasteiger partial charge is 0.218 e. The van der Waals surface area contributed by atoms with Crippen LogP contribution in [0.4, 0.5) is 0 Å². The molecule has 0 heterocycles. The zero-order valence-corrected chi connectivity index (χ0v) is 14.1.